The molecule has 0 unspecified atom stereocenters. The van der Waals surface area contributed by atoms with Gasteiger partial charge >= 0.3 is 0 Å². The summed E-state index contributed by atoms with van der Waals surface area (Å²) in [5.41, 5.74) is -0.744. The third-order valence-corrected chi connectivity index (χ3v) is 2.38. The highest BCUT2D eigenvalue weighted by molar-refractivity contribution is 5.77. The fourth-order valence-electron chi connectivity index (χ4n) is 1.56. The summed E-state index contributed by atoms with van der Waals surface area (Å²) >= 11 is 0. The van der Waals surface area contributed by atoms with Crippen LogP contribution in [0.25, 0.3) is 0 Å². The van der Waals surface area contributed by atoms with Gasteiger partial charge in [-0.1, -0.05) is 0 Å². The van der Waals surface area contributed by atoms with Gasteiger partial charge in [0.15, 0.2) is 11.6 Å². The van der Waals surface area contributed by atoms with E-state index in [9.17, 15) is 13.6 Å². The summed E-state index contributed by atoms with van der Waals surface area (Å²) in [5.74, 6) is -2.48. The molecule has 0 saturated carbocycles. The number of nitriles is 1. The molecule has 1 amide bonds. The molecule has 2 N–H and O–H groups in total. The summed E-state index contributed by atoms with van der Waals surface area (Å²) in [5, 5.41) is 14.0. The van der Waals surface area contributed by atoms with E-state index < -0.39 is 11.6 Å². The number of nitrogens with zero attached hydrogens (tertiary/aromatic N) is 1. The molecule has 0 bridgehead atoms. The zero-order valence-corrected chi connectivity index (χ0v) is 11.7. The van der Waals surface area contributed by atoms with Gasteiger partial charge < -0.3 is 10.6 Å². The van der Waals surface area contributed by atoms with E-state index in [1.54, 1.807) is 6.07 Å². The van der Waals surface area contributed by atoms with Crippen molar-refractivity contribution in [2.45, 2.75) is 32.7 Å². The number of hydrogen-bond donors (Lipinski definition) is 2. The number of halogens is 2. The maximum absolute atomic E-state index is 13.6. The standard InChI is InChI=1S/C14H17F2N3O/c1-14(2,3)19-11(20)6-7-18-10-5-4-9(8-17)12(15)13(10)16/h4-5,18H,6-7H2,1-3H3,(H,19,20). The Kier molecular flexibility index (Phi) is 5.03. The molecule has 0 aromatic heterocycles. The van der Waals surface area contributed by atoms with Crippen LogP contribution in [0.4, 0.5) is 14.5 Å². The molecule has 1 rings (SSSR count). The van der Waals surface area contributed by atoms with Gasteiger partial charge in [-0.05, 0) is 32.9 Å². The monoisotopic (exact) mass is 281 g/mol. The van der Waals surface area contributed by atoms with Gasteiger partial charge in [0.1, 0.15) is 6.07 Å². The molecule has 1 aromatic rings. The summed E-state index contributed by atoms with van der Waals surface area (Å²) in [7, 11) is 0. The minimum absolute atomic E-state index is 0.0648. The number of carbonyl (C=O) groups excluding carboxylic acids is 1. The van der Waals surface area contributed by atoms with Gasteiger partial charge in [0.05, 0.1) is 11.3 Å². The van der Waals surface area contributed by atoms with Gasteiger partial charge in [-0.3, -0.25) is 4.79 Å². The summed E-state index contributed by atoms with van der Waals surface area (Å²) in [6.07, 6.45) is 0.137. The zero-order chi connectivity index (χ0) is 15.3. The lowest BCUT2D eigenvalue weighted by Crippen LogP contribution is -2.41. The van der Waals surface area contributed by atoms with E-state index >= 15 is 0 Å². The average Bonchev–Trinajstić information content (AvgIpc) is 2.32. The smallest absolute Gasteiger partial charge is 0.222 e. The molecule has 6 heteroatoms. The van der Waals surface area contributed by atoms with Crippen molar-refractivity contribution >= 4 is 11.6 Å². The minimum Gasteiger partial charge on any atom is -0.382 e. The zero-order valence-electron chi connectivity index (χ0n) is 11.7. The number of nitrogens with one attached hydrogen (secondary N) is 2. The van der Waals surface area contributed by atoms with Crippen molar-refractivity contribution in [2.75, 3.05) is 11.9 Å². The van der Waals surface area contributed by atoms with Crippen LogP contribution < -0.4 is 10.6 Å². The van der Waals surface area contributed by atoms with E-state index in [1.165, 1.54) is 12.1 Å². The Morgan fingerprint density at radius 3 is 2.50 bits per heavy atom. The second kappa shape index (κ2) is 6.33. The highest BCUT2D eigenvalue weighted by Gasteiger charge is 2.15. The molecule has 0 fully saturated rings. The Morgan fingerprint density at radius 2 is 1.95 bits per heavy atom. The summed E-state index contributed by atoms with van der Waals surface area (Å²) in [6.45, 7) is 5.74. The first-order chi connectivity index (χ1) is 9.24. The van der Waals surface area contributed by atoms with Crippen LogP contribution in [0.5, 0.6) is 0 Å². The van der Waals surface area contributed by atoms with Crippen molar-refractivity contribution in [1.82, 2.24) is 5.32 Å². The van der Waals surface area contributed by atoms with Crippen LogP contribution in [-0.4, -0.2) is 18.0 Å². The second-order valence-electron chi connectivity index (χ2n) is 5.38. The number of hydrogen-bond acceptors (Lipinski definition) is 3. The van der Waals surface area contributed by atoms with Gasteiger partial charge in [0.25, 0.3) is 0 Å². The van der Waals surface area contributed by atoms with Crippen LogP contribution in [0.3, 0.4) is 0 Å². The molecule has 4 nitrogen and oxygen atoms in total. The SMILES string of the molecule is CC(C)(C)NC(=O)CCNc1ccc(C#N)c(F)c1F. The van der Waals surface area contributed by atoms with Crippen LogP contribution in [0.2, 0.25) is 0 Å². The summed E-state index contributed by atoms with van der Waals surface area (Å²) in [6, 6.07) is 4.02. The number of benzene rings is 1. The number of anilines is 1. The molecule has 0 atom stereocenters. The largest absolute Gasteiger partial charge is 0.382 e. The fraction of sp³-hybridized carbons (Fsp3) is 0.429. The lowest BCUT2D eigenvalue weighted by Gasteiger charge is -2.20. The van der Waals surface area contributed by atoms with E-state index in [1.807, 2.05) is 20.8 Å². The summed E-state index contributed by atoms with van der Waals surface area (Å²) < 4.78 is 26.9. The van der Waals surface area contributed by atoms with Crippen molar-refractivity contribution in [3.05, 3.63) is 29.3 Å². The predicted octanol–water partition coefficient (Wildman–Crippen LogP) is 2.55. The van der Waals surface area contributed by atoms with Gasteiger partial charge in [-0.25, -0.2) is 8.78 Å². The van der Waals surface area contributed by atoms with E-state index in [0.717, 1.165) is 0 Å². The van der Waals surface area contributed by atoms with Crippen LogP contribution in [0.1, 0.15) is 32.8 Å². The van der Waals surface area contributed by atoms with Crippen molar-refractivity contribution in [1.29, 1.82) is 5.26 Å². The molecule has 0 aliphatic heterocycles. The van der Waals surface area contributed by atoms with Crippen LogP contribution >= 0.6 is 0 Å². The molecule has 1 aromatic carbocycles. The molecule has 0 aliphatic carbocycles. The lowest BCUT2D eigenvalue weighted by atomic mass is 10.1. The Balaban J connectivity index is 2.58. The van der Waals surface area contributed by atoms with Crippen molar-refractivity contribution in [2.24, 2.45) is 0 Å². The number of carbonyl (C=O) groups is 1. The van der Waals surface area contributed by atoms with E-state index in [4.69, 9.17) is 5.26 Å². The normalized spacial score (nSPS) is 10.8. The summed E-state index contributed by atoms with van der Waals surface area (Å²) in [4.78, 5) is 11.5. The predicted molar refractivity (Wildman–Crippen MR) is 72.1 cm³/mol. The molecular formula is C14H17F2N3O. The Morgan fingerprint density at radius 1 is 1.30 bits per heavy atom. The molecule has 108 valence electrons. The second-order valence-corrected chi connectivity index (χ2v) is 5.38. The van der Waals surface area contributed by atoms with Crippen molar-refractivity contribution in [3.8, 4) is 6.07 Å². The molecule has 0 aliphatic rings. The molecule has 0 radical (unpaired) electrons. The highest BCUT2D eigenvalue weighted by atomic mass is 19.2. The fourth-order valence-corrected chi connectivity index (χ4v) is 1.56. The van der Waals surface area contributed by atoms with Gasteiger partial charge in [0, 0.05) is 18.5 Å². The van der Waals surface area contributed by atoms with E-state index in [-0.39, 0.29) is 35.7 Å². The molecule has 0 heterocycles. The van der Waals surface area contributed by atoms with Crippen molar-refractivity contribution < 1.29 is 13.6 Å². The quantitative estimate of drug-likeness (QED) is 0.891. The van der Waals surface area contributed by atoms with E-state index in [2.05, 4.69) is 10.6 Å². The van der Waals surface area contributed by atoms with Gasteiger partial charge in [-0.15, -0.1) is 0 Å². The highest BCUT2D eigenvalue weighted by Crippen LogP contribution is 2.20. The van der Waals surface area contributed by atoms with Gasteiger partial charge in [-0.2, -0.15) is 5.26 Å². The van der Waals surface area contributed by atoms with Crippen LogP contribution in [0.15, 0.2) is 12.1 Å². The molecular weight excluding hydrogens is 264 g/mol. The van der Waals surface area contributed by atoms with Crippen molar-refractivity contribution in [3.63, 3.8) is 0 Å². The maximum Gasteiger partial charge on any atom is 0.222 e. The first-order valence-electron chi connectivity index (χ1n) is 6.17. The number of rotatable bonds is 4. The molecule has 20 heavy (non-hydrogen) atoms. The third-order valence-electron chi connectivity index (χ3n) is 2.38. The third kappa shape index (κ3) is 4.50. The first kappa shape index (κ1) is 15.9. The maximum atomic E-state index is 13.6. The number of amides is 1. The lowest BCUT2D eigenvalue weighted by molar-refractivity contribution is -0.122. The van der Waals surface area contributed by atoms with Crippen LogP contribution in [-0.2, 0) is 4.79 Å². The average molecular weight is 281 g/mol. The van der Waals surface area contributed by atoms with Gasteiger partial charge in [0.2, 0.25) is 5.91 Å². The Labute approximate surface area is 116 Å². The van der Waals surface area contributed by atoms with E-state index in [0.29, 0.717) is 0 Å². The Hall–Kier alpha value is -2.16. The van der Waals surface area contributed by atoms with Crippen LogP contribution in [0, 0.1) is 23.0 Å². The molecule has 0 spiro atoms. The topological polar surface area (TPSA) is 64.9 Å². The first-order valence-corrected chi connectivity index (χ1v) is 6.17. The Bertz CT molecular complexity index is 545. The minimum atomic E-state index is -1.18. The molecule has 0 saturated heterocycles.